The molecule has 1 aliphatic rings. The first-order valence-electron chi connectivity index (χ1n) is 9.22. The number of aryl methyl sites for hydroxylation is 1. The number of nitrogens with one attached hydrogen (secondary N) is 2. The van der Waals surface area contributed by atoms with Crippen LogP contribution in [0.5, 0.6) is 0 Å². The van der Waals surface area contributed by atoms with E-state index in [-0.39, 0.29) is 29.7 Å². The van der Waals surface area contributed by atoms with Gasteiger partial charge in [-0.1, -0.05) is 6.92 Å². The number of carbonyl (C=O) groups is 1. The fourth-order valence-corrected chi connectivity index (χ4v) is 3.33. The van der Waals surface area contributed by atoms with Crippen molar-refractivity contribution < 1.29 is 13.6 Å². The van der Waals surface area contributed by atoms with Gasteiger partial charge in [0.25, 0.3) is 11.9 Å². The van der Waals surface area contributed by atoms with Crippen molar-refractivity contribution in [2.45, 2.75) is 26.1 Å². The van der Waals surface area contributed by atoms with Crippen molar-refractivity contribution in [3.05, 3.63) is 42.1 Å². The normalized spacial score (nSPS) is 19.1. The van der Waals surface area contributed by atoms with E-state index < -0.39 is 18.0 Å². The Morgan fingerprint density at radius 1 is 1.24 bits per heavy atom. The number of amides is 1. The molecular weight excluding hydrogens is 382 g/mol. The van der Waals surface area contributed by atoms with Gasteiger partial charge in [-0.25, -0.2) is 19.3 Å². The summed E-state index contributed by atoms with van der Waals surface area (Å²) in [6.07, 6.45) is 4.81. The number of rotatable bonds is 5. The highest BCUT2D eigenvalue weighted by molar-refractivity contribution is 6.02. The van der Waals surface area contributed by atoms with Crippen LogP contribution in [-0.4, -0.2) is 62.1 Å². The molecule has 2 N–H and O–H groups in total. The number of anilines is 2. The van der Waals surface area contributed by atoms with Gasteiger partial charge < -0.3 is 15.5 Å². The third-order valence-electron chi connectivity index (χ3n) is 4.67. The van der Waals surface area contributed by atoms with E-state index in [1.54, 1.807) is 18.0 Å². The molecule has 1 fully saturated rings. The number of hydrogen-bond donors (Lipinski definition) is 2. The summed E-state index contributed by atoms with van der Waals surface area (Å²) in [5.41, 5.74) is 0.749. The molecule has 11 heteroatoms. The van der Waals surface area contributed by atoms with Crippen LogP contribution in [0.3, 0.4) is 0 Å². The maximum atomic E-state index is 14.0. The van der Waals surface area contributed by atoms with Crippen molar-refractivity contribution in [1.29, 1.82) is 0 Å². The van der Waals surface area contributed by atoms with E-state index in [0.717, 1.165) is 0 Å². The van der Waals surface area contributed by atoms with Gasteiger partial charge in [-0.15, -0.1) is 0 Å². The molecule has 0 spiro atoms. The van der Waals surface area contributed by atoms with Crippen LogP contribution in [0.4, 0.5) is 20.4 Å². The second kappa shape index (κ2) is 7.66. The van der Waals surface area contributed by atoms with Gasteiger partial charge in [0.15, 0.2) is 11.5 Å². The Morgan fingerprint density at radius 2 is 2.07 bits per heavy atom. The molecule has 3 aromatic heterocycles. The fraction of sp³-hybridized carbons (Fsp3) is 0.389. The van der Waals surface area contributed by atoms with Gasteiger partial charge in [-0.3, -0.25) is 9.20 Å². The monoisotopic (exact) mass is 402 g/mol. The summed E-state index contributed by atoms with van der Waals surface area (Å²) in [7, 11) is 0. The first-order valence-corrected chi connectivity index (χ1v) is 9.22. The minimum Gasteiger partial charge on any atom is -0.351 e. The van der Waals surface area contributed by atoms with Crippen LogP contribution in [0.15, 0.2) is 24.8 Å². The summed E-state index contributed by atoms with van der Waals surface area (Å²) < 4.78 is 29.5. The average molecular weight is 402 g/mol. The molecular formula is C18H20F2N8O. The number of carbonyl (C=O) groups excluding carboxylic acids is 1. The van der Waals surface area contributed by atoms with Crippen molar-refractivity contribution in [2.24, 2.45) is 0 Å². The van der Waals surface area contributed by atoms with Crippen molar-refractivity contribution in [1.82, 2.24) is 29.7 Å². The number of hydrogen-bond acceptors (Lipinski definition) is 7. The summed E-state index contributed by atoms with van der Waals surface area (Å²) in [6, 6.07) is -0.257. The summed E-state index contributed by atoms with van der Waals surface area (Å²) in [6.45, 7) is 5.03. The Morgan fingerprint density at radius 3 is 2.79 bits per heavy atom. The second-order valence-electron chi connectivity index (χ2n) is 6.83. The number of likely N-dealkylation sites (N-methyl/N-ethyl adjacent to an activating group) is 1. The molecule has 0 aromatic carbocycles. The van der Waals surface area contributed by atoms with E-state index >= 15 is 0 Å². The highest BCUT2D eigenvalue weighted by Crippen LogP contribution is 2.20. The number of nitrogens with zero attached hydrogens (tertiary/aromatic N) is 6. The maximum Gasteiger partial charge on any atom is 0.277 e. The Kier molecular flexibility index (Phi) is 5.05. The Labute approximate surface area is 165 Å². The maximum absolute atomic E-state index is 14.0. The lowest BCUT2D eigenvalue weighted by atomic mass is 10.2. The van der Waals surface area contributed by atoms with Crippen LogP contribution in [0.25, 0.3) is 5.65 Å². The van der Waals surface area contributed by atoms with Crippen molar-refractivity contribution in [3.63, 3.8) is 0 Å². The van der Waals surface area contributed by atoms with E-state index in [9.17, 15) is 13.6 Å². The largest absolute Gasteiger partial charge is 0.351 e. The quantitative estimate of drug-likeness (QED) is 0.665. The fourth-order valence-electron chi connectivity index (χ4n) is 3.33. The molecule has 0 radical (unpaired) electrons. The molecule has 0 bridgehead atoms. The van der Waals surface area contributed by atoms with E-state index in [4.69, 9.17) is 0 Å². The van der Waals surface area contributed by atoms with Crippen LogP contribution >= 0.6 is 0 Å². The van der Waals surface area contributed by atoms with E-state index in [2.05, 4.69) is 30.6 Å². The molecule has 3 aromatic rings. The Balaban J connectivity index is 1.46. The van der Waals surface area contributed by atoms with Crippen LogP contribution in [-0.2, 0) is 0 Å². The molecule has 2 atom stereocenters. The van der Waals surface area contributed by atoms with E-state index in [1.165, 1.54) is 23.0 Å². The smallest absolute Gasteiger partial charge is 0.277 e. The molecule has 4 rings (SSSR count). The molecule has 0 aliphatic carbocycles. The highest BCUT2D eigenvalue weighted by Gasteiger charge is 2.33. The number of alkyl halides is 1. The third-order valence-corrected chi connectivity index (χ3v) is 4.67. The third kappa shape index (κ3) is 3.86. The predicted molar refractivity (Wildman–Crippen MR) is 102 cm³/mol. The van der Waals surface area contributed by atoms with E-state index in [1.807, 2.05) is 6.92 Å². The minimum atomic E-state index is -0.998. The van der Waals surface area contributed by atoms with Crippen molar-refractivity contribution >= 4 is 23.2 Å². The summed E-state index contributed by atoms with van der Waals surface area (Å²) >= 11 is 0. The van der Waals surface area contributed by atoms with Gasteiger partial charge in [-0.05, 0) is 13.5 Å². The number of imidazole rings is 1. The van der Waals surface area contributed by atoms with Crippen molar-refractivity contribution in [3.8, 4) is 0 Å². The highest BCUT2D eigenvalue weighted by atomic mass is 19.1. The Bertz CT molecular complexity index is 1040. The molecule has 29 heavy (non-hydrogen) atoms. The van der Waals surface area contributed by atoms with Gasteiger partial charge in [0.05, 0.1) is 36.9 Å². The summed E-state index contributed by atoms with van der Waals surface area (Å²) in [5, 5.41) is 5.59. The molecule has 152 valence electrons. The van der Waals surface area contributed by atoms with Crippen LogP contribution in [0, 0.1) is 12.9 Å². The molecule has 0 saturated carbocycles. The topological polar surface area (TPSA) is 100 Å². The number of aromatic nitrogens is 5. The minimum absolute atomic E-state index is 0.0246. The van der Waals surface area contributed by atoms with E-state index in [0.29, 0.717) is 24.6 Å². The lowest BCUT2D eigenvalue weighted by Crippen LogP contribution is -2.37. The van der Waals surface area contributed by atoms with Gasteiger partial charge in [-0.2, -0.15) is 9.37 Å². The molecule has 1 saturated heterocycles. The van der Waals surface area contributed by atoms with Crippen LogP contribution in [0.1, 0.15) is 23.1 Å². The van der Waals surface area contributed by atoms with Crippen LogP contribution in [0.2, 0.25) is 0 Å². The standard InChI is InChI=1S/C18H20F2N8O/c1-3-21-13-8-27(7-11(13)19)15-5-22-12(4-23-15)18(29)26-14-9-28-6-10(2)24-17(28)16(20)25-14/h4-6,9,11,13,21H,3,7-8H2,1-2H3,(H,26,29). The number of fused-ring (bicyclic) bond motifs is 1. The molecule has 1 amide bonds. The average Bonchev–Trinajstić information content (AvgIpc) is 3.25. The van der Waals surface area contributed by atoms with Gasteiger partial charge >= 0.3 is 0 Å². The van der Waals surface area contributed by atoms with Gasteiger partial charge in [0.2, 0.25) is 0 Å². The molecule has 9 nitrogen and oxygen atoms in total. The second-order valence-corrected chi connectivity index (χ2v) is 6.83. The zero-order valence-electron chi connectivity index (χ0n) is 15.9. The number of halogens is 2. The Hall–Kier alpha value is -3.21. The SMILES string of the molecule is CCNC1CN(c2cnc(C(=O)Nc3cn4cc(C)nc4c(F)n3)cn2)CC1F. The first kappa shape index (κ1) is 19.1. The van der Waals surface area contributed by atoms with Gasteiger partial charge in [0.1, 0.15) is 17.7 Å². The lowest BCUT2D eigenvalue weighted by Gasteiger charge is -2.16. The zero-order valence-corrected chi connectivity index (χ0v) is 15.9. The zero-order chi connectivity index (χ0) is 20.5. The summed E-state index contributed by atoms with van der Waals surface area (Å²) in [4.78, 5) is 30.2. The molecule has 2 unspecified atom stereocenters. The lowest BCUT2D eigenvalue weighted by molar-refractivity contribution is 0.102. The van der Waals surface area contributed by atoms with Crippen molar-refractivity contribution in [2.75, 3.05) is 29.9 Å². The van der Waals surface area contributed by atoms with Gasteiger partial charge in [0, 0.05) is 12.7 Å². The molecule has 1 aliphatic heterocycles. The summed E-state index contributed by atoms with van der Waals surface area (Å²) in [5.74, 6) is -0.856. The molecule has 4 heterocycles. The first-order chi connectivity index (χ1) is 13.9. The predicted octanol–water partition coefficient (Wildman–Crippen LogP) is 1.36. The van der Waals surface area contributed by atoms with Crippen LogP contribution < -0.4 is 15.5 Å².